The molecule has 0 bridgehead atoms. The molecule has 0 unspecified atom stereocenters. The summed E-state index contributed by atoms with van der Waals surface area (Å²) in [7, 11) is 0. The standard InChI is InChI=1S/C12H16ClNO/c13-11-4-1-3-10(7-11)8-14-6-2-5-12(14)9-15/h1,3-4,7,12,15H,2,5-6,8-9H2/t12-/m1/s1. The number of halogens is 1. The van der Waals surface area contributed by atoms with Crippen LogP contribution in [0.5, 0.6) is 0 Å². The van der Waals surface area contributed by atoms with Crippen molar-refractivity contribution in [2.24, 2.45) is 0 Å². The van der Waals surface area contributed by atoms with Crippen molar-refractivity contribution in [1.82, 2.24) is 4.90 Å². The fourth-order valence-corrected chi connectivity index (χ4v) is 2.39. The molecule has 1 aromatic carbocycles. The van der Waals surface area contributed by atoms with Crippen LogP contribution in [0.3, 0.4) is 0 Å². The molecule has 1 aliphatic rings. The number of aliphatic hydroxyl groups is 1. The molecule has 2 nitrogen and oxygen atoms in total. The van der Waals surface area contributed by atoms with E-state index < -0.39 is 0 Å². The predicted octanol–water partition coefficient (Wildman–Crippen LogP) is 2.30. The smallest absolute Gasteiger partial charge is 0.0587 e. The Balaban J connectivity index is 2.02. The highest BCUT2D eigenvalue weighted by Gasteiger charge is 2.23. The Bertz CT molecular complexity index is 329. The molecule has 1 fully saturated rings. The van der Waals surface area contributed by atoms with Crippen molar-refractivity contribution in [2.75, 3.05) is 13.2 Å². The monoisotopic (exact) mass is 225 g/mol. The molecule has 0 saturated carbocycles. The van der Waals surface area contributed by atoms with Gasteiger partial charge in [-0.2, -0.15) is 0 Å². The molecule has 1 heterocycles. The van der Waals surface area contributed by atoms with Gasteiger partial charge < -0.3 is 5.11 Å². The van der Waals surface area contributed by atoms with Crippen LogP contribution in [-0.2, 0) is 6.54 Å². The van der Waals surface area contributed by atoms with E-state index in [1.54, 1.807) is 0 Å². The zero-order valence-corrected chi connectivity index (χ0v) is 9.45. The van der Waals surface area contributed by atoms with Gasteiger partial charge in [0, 0.05) is 17.6 Å². The van der Waals surface area contributed by atoms with Crippen molar-refractivity contribution < 1.29 is 5.11 Å². The Hall–Kier alpha value is -0.570. The van der Waals surface area contributed by atoms with E-state index in [1.807, 2.05) is 18.2 Å². The number of likely N-dealkylation sites (tertiary alicyclic amines) is 1. The first-order valence-corrected chi connectivity index (χ1v) is 5.77. The Kier molecular flexibility index (Phi) is 3.62. The van der Waals surface area contributed by atoms with E-state index in [4.69, 9.17) is 11.6 Å². The van der Waals surface area contributed by atoms with Gasteiger partial charge >= 0.3 is 0 Å². The zero-order valence-electron chi connectivity index (χ0n) is 8.69. The molecule has 0 aromatic heterocycles. The molecule has 82 valence electrons. The SMILES string of the molecule is OC[C@H]1CCCN1Cc1cccc(Cl)c1. The summed E-state index contributed by atoms with van der Waals surface area (Å²) in [6, 6.07) is 8.27. The lowest BCUT2D eigenvalue weighted by atomic mass is 10.2. The van der Waals surface area contributed by atoms with E-state index in [-0.39, 0.29) is 6.61 Å². The van der Waals surface area contributed by atoms with Gasteiger partial charge in [-0.3, -0.25) is 4.90 Å². The molecule has 15 heavy (non-hydrogen) atoms. The summed E-state index contributed by atoms with van der Waals surface area (Å²) in [6.45, 7) is 2.24. The minimum Gasteiger partial charge on any atom is -0.395 e. The summed E-state index contributed by atoms with van der Waals surface area (Å²) in [4.78, 5) is 2.33. The third-order valence-electron chi connectivity index (χ3n) is 2.98. The molecule has 0 aliphatic carbocycles. The van der Waals surface area contributed by atoms with Gasteiger partial charge in [-0.15, -0.1) is 0 Å². The third-order valence-corrected chi connectivity index (χ3v) is 3.22. The lowest BCUT2D eigenvalue weighted by Crippen LogP contribution is -2.31. The Morgan fingerprint density at radius 3 is 3.07 bits per heavy atom. The molecular formula is C12H16ClNO. The van der Waals surface area contributed by atoms with Crippen molar-refractivity contribution in [3.8, 4) is 0 Å². The Morgan fingerprint density at radius 2 is 2.33 bits per heavy atom. The first-order chi connectivity index (χ1) is 7.29. The molecular weight excluding hydrogens is 210 g/mol. The number of hydrogen-bond donors (Lipinski definition) is 1. The topological polar surface area (TPSA) is 23.5 Å². The number of nitrogens with zero attached hydrogens (tertiary/aromatic N) is 1. The van der Waals surface area contributed by atoms with E-state index in [2.05, 4.69) is 11.0 Å². The normalized spacial score (nSPS) is 22.1. The summed E-state index contributed by atoms with van der Waals surface area (Å²) >= 11 is 5.93. The highest BCUT2D eigenvalue weighted by molar-refractivity contribution is 6.30. The molecule has 1 aliphatic heterocycles. The highest BCUT2D eigenvalue weighted by atomic mass is 35.5. The number of aliphatic hydroxyl groups excluding tert-OH is 1. The van der Waals surface area contributed by atoms with Gasteiger partial charge in [-0.1, -0.05) is 23.7 Å². The second-order valence-corrected chi connectivity index (χ2v) is 4.52. The fraction of sp³-hybridized carbons (Fsp3) is 0.500. The Morgan fingerprint density at radius 1 is 1.47 bits per heavy atom. The van der Waals surface area contributed by atoms with Crippen LogP contribution in [0.4, 0.5) is 0 Å². The average molecular weight is 226 g/mol. The van der Waals surface area contributed by atoms with Crippen LogP contribution in [0.25, 0.3) is 0 Å². The molecule has 1 aromatic rings. The van der Waals surface area contributed by atoms with Crippen LogP contribution in [0.1, 0.15) is 18.4 Å². The van der Waals surface area contributed by atoms with Crippen molar-refractivity contribution in [1.29, 1.82) is 0 Å². The van der Waals surface area contributed by atoms with Crippen LogP contribution in [0.2, 0.25) is 5.02 Å². The molecule has 2 rings (SSSR count). The summed E-state index contributed by atoms with van der Waals surface area (Å²) in [6.07, 6.45) is 2.29. The second-order valence-electron chi connectivity index (χ2n) is 4.08. The lowest BCUT2D eigenvalue weighted by molar-refractivity contribution is 0.153. The van der Waals surface area contributed by atoms with E-state index in [0.717, 1.165) is 24.5 Å². The summed E-state index contributed by atoms with van der Waals surface area (Å²) in [5, 5.41) is 9.99. The van der Waals surface area contributed by atoms with Gasteiger partial charge in [0.1, 0.15) is 0 Å². The number of benzene rings is 1. The molecule has 0 amide bonds. The quantitative estimate of drug-likeness (QED) is 0.854. The van der Waals surface area contributed by atoms with Crippen LogP contribution >= 0.6 is 11.6 Å². The highest BCUT2D eigenvalue weighted by Crippen LogP contribution is 2.20. The van der Waals surface area contributed by atoms with Crippen molar-refractivity contribution in [3.05, 3.63) is 34.9 Å². The van der Waals surface area contributed by atoms with Crippen molar-refractivity contribution in [2.45, 2.75) is 25.4 Å². The van der Waals surface area contributed by atoms with Crippen molar-refractivity contribution >= 4 is 11.6 Å². The molecule has 3 heteroatoms. The van der Waals surface area contributed by atoms with E-state index >= 15 is 0 Å². The van der Waals surface area contributed by atoms with E-state index in [1.165, 1.54) is 12.0 Å². The lowest BCUT2D eigenvalue weighted by Gasteiger charge is -2.22. The van der Waals surface area contributed by atoms with Crippen LogP contribution in [0, 0.1) is 0 Å². The van der Waals surface area contributed by atoms with E-state index in [9.17, 15) is 5.11 Å². The first-order valence-electron chi connectivity index (χ1n) is 5.39. The Labute approximate surface area is 95.5 Å². The number of rotatable bonds is 3. The maximum Gasteiger partial charge on any atom is 0.0587 e. The van der Waals surface area contributed by atoms with Gasteiger partial charge in [0.15, 0.2) is 0 Å². The van der Waals surface area contributed by atoms with Crippen LogP contribution in [0.15, 0.2) is 24.3 Å². The van der Waals surface area contributed by atoms with Crippen LogP contribution < -0.4 is 0 Å². The third kappa shape index (κ3) is 2.71. The maximum absolute atomic E-state index is 9.20. The van der Waals surface area contributed by atoms with Gasteiger partial charge in [0.2, 0.25) is 0 Å². The van der Waals surface area contributed by atoms with Gasteiger partial charge in [0.05, 0.1) is 6.61 Å². The fourth-order valence-electron chi connectivity index (χ4n) is 2.18. The largest absolute Gasteiger partial charge is 0.395 e. The van der Waals surface area contributed by atoms with Crippen molar-refractivity contribution in [3.63, 3.8) is 0 Å². The first kappa shape index (κ1) is 10.9. The summed E-state index contributed by atoms with van der Waals surface area (Å²) in [5.74, 6) is 0. The molecule has 1 N–H and O–H groups in total. The minimum atomic E-state index is 0.264. The summed E-state index contributed by atoms with van der Waals surface area (Å²) in [5.41, 5.74) is 1.22. The second kappa shape index (κ2) is 4.97. The predicted molar refractivity (Wildman–Crippen MR) is 62.0 cm³/mol. The van der Waals surface area contributed by atoms with Gasteiger partial charge in [0.25, 0.3) is 0 Å². The number of hydrogen-bond acceptors (Lipinski definition) is 2. The van der Waals surface area contributed by atoms with Crippen LogP contribution in [-0.4, -0.2) is 29.2 Å². The molecule has 1 atom stereocenters. The molecule has 1 saturated heterocycles. The van der Waals surface area contributed by atoms with Gasteiger partial charge in [-0.25, -0.2) is 0 Å². The maximum atomic E-state index is 9.20. The summed E-state index contributed by atoms with van der Waals surface area (Å²) < 4.78 is 0. The minimum absolute atomic E-state index is 0.264. The van der Waals surface area contributed by atoms with Gasteiger partial charge in [-0.05, 0) is 37.1 Å². The zero-order chi connectivity index (χ0) is 10.7. The van der Waals surface area contributed by atoms with E-state index in [0.29, 0.717) is 6.04 Å². The molecule has 0 spiro atoms. The average Bonchev–Trinajstić information content (AvgIpc) is 2.65. The molecule has 0 radical (unpaired) electrons.